The Balaban J connectivity index is 1.49. The maximum absolute atomic E-state index is 14.3. The van der Waals surface area contributed by atoms with Gasteiger partial charge in [0, 0.05) is 32.6 Å². The van der Waals surface area contributed by atoms with Gasteiger partial charge < -0.3 is 51.6 Å². The summed E-state index contributed by atoms with van der Waals surface area (Å²) in [6.07, 6.45) is 1.57. The number of aliphatic imine (C=N–C) groups is 1. The molecular formula is C41H61N11O12. The number of nitrogens with two attached hydrogens (primary N) is 2. The summed E-state index contributed by atoms with van der Waals surface area (Å²) < 4.78 is 10.3. The molecule has 4 rings (SSSR count). The Kier molecular flexibility index (Phi) is 19.1. The van der Waals surface area contributed by atoms with Gasteiger partial charge >= 0.3 is 12.1 Å². The first-order valence-electron chi connectivity index (χ1n) is 21.6. The molecule has 3 fully saturated rings. The molecule has 0 spiro atoms. The predicted molar refractivity (Wildman–Crippen MR) is 227 cm³/mol. The van der Waals surface area contributed by atoms with E-state index in [0.29, 0.717) is 50.6 Å². The first-order chi connectivity index (χ1) is 30.6. The normalized spacial score (nSPS) is 20.3. The molecule has 3 saturated heterocycles. The van der Waals surface area contributed by atoms with Crippen LogP contribution in [0.2, 0.25) is 0 Å². The number of alkyl carbamates (subject to hydrolysis) is 1. The van der Waals surface area contributed by atoms with Gasteiger partial charge in [-0.2, -0.15) is 0 Å². The van der Waals surface area contributed by atoms with Crippen molar-refractivity contribution in [3.8, 4) is 0 Å². The number of nitrogens with zero attached hydrogens (tertiary/aromatic N) is 5. The van der Waals surface area contributed by atoms with Crippen molar-refractivity contribution in [2.75, 3.05) is 33.3 Å². The van der Waals surface area contributed by atoms with Crippen LogP contribution in [0.25, 0.3) is 0 Å². The molecule has 0 aromatic heterocycles. The Bertz CT molecular complexity index is 1890. The third-order valence-electron chi connectivity index (χ3n) is 11.7. The summed E-state index contributed by atoms with van der Waals surface area (Å²) >= 11 is 0. The summed E-state index contributed by atoms with van der Waals surface area (Å²) in [5.74, 6) is -5.23. The first-order valence-corrected chi connectivity index (χ1v) is 21.6. The van der Waals surface area contributed by atoms with E-state index in [0.717, 1.165) is 0 Å². The van der Waals surface area contributed by atoms with E-state index < -0.39 is 94.8 Å². The molecule has 3 heterocycles. The Morgan fingerprint density at radius 3 is 2.09 bits per heavy atom. The average molecular weight is 900 g/mol. The number of carbonyl (C=O) groups is 8. The molecule has 1 aromatic rings. The summed E-state index contributed by atoms with van der Waals surface area (Å²) in [6, 6.07) is 2.34. The molecule has 0 radical (unpaired) electrons. The molecule has 0 unspecified atom stereocenters. The number of hydrogen-bond donors (Lipinski definition) is 6. The summed E-state index contributed by atoms with van der Waals surface area (Å²) in [6.45, 7) is 4.12. The number of ether oxygens (including phenoxy) is 2. The van der Waals surface area contributed by atoms with Crippen molar-refractivity contribution in [1.29, 1.82) is 0 Å². The predicted octanol–water partition coefficient (Wildman–Crippen LogP) is -0.415. The third kappa shape index (κ3) is 14.0. The lowest BCUT2D eigenvalue weighted by Crippen LogP contribution is -2.60. The highest BCUT2D eigenvalue weighted by Gasteiger charge is 2.45. The number of guanidine groups is 1. The smallest absolute Gasteiger partial charge is 0.408 e. The fourth-order valence-corrected chi connectivity index (χ4v) is 8.12. The van der Waals surface area contributed by atoms with Gasteiger partial charge in [0.2, 0.25) is 35.4 Å². The van der Waals surface area contributed by atoms with Crippen molar-refractivity contribution >= 4 is 53.5 Å². The van der Waals surface area contributed by atoms with E-state index in [1.54, 1.807) is 42.7 Å². The Morgan fingerprint density at radius 1 is 0.844 bits per heavy atom. The highest BCUT2D eigenvalue weighted by molar-refractivity contribution is 5.97. The van der Waals surface area contributed by atoms with Crippen LogP contribution in [0, 0.1) is 16.0 Å². The van der Waals surface area contributed by atoms with E-state index >= 15 is 0 Å². The number of carbonyl (C=O) groups excluding carboxylic acids is 8. The maximum atomic E-state index is 14.3. The highest BCUT2D eigenvalue weighted by Crippen LogP contribution is 2.27. The maximum Gasteiger partial charge on any atom is 0.408 e. The van der Waals surface area contributed by atoms with Crippen LogP contribution in [0.1, 0.15) is 90.0 Å². The Labute approximate surface area is 370 Å². The molecule has 7 amide bonds. The van der Waals surface area contributed by atoms with E-state index in [2.05, 4.69) is 20.9 Å². The van der Waals surface area contributed by atoms with Crippen LogP contribution in [-0.2, 0) is 49.6 Å². The van der Waals surface area contributed by atoms with Crippen LogP contribution < -0.4 is 32.8 Å². The zero-order valence-corrected chi connectivity index (χ0v) is 36.5. The lowest BCUT2D eigenvalue weighted by molar-refractivity contribution is -0.525. The number of nitrogens with one attached hydrogen (secondary N) is 4. The zero-order valence-electron chi connectivity index (χ0n) is 36.5. The molecule has 23 heteroatoms. The quantitative estimate of drug-likeness (QED) is 0.0228. The topological polar surface area (TPSA) is 320 Å². The van der Waals surface area contributed by atoms with Crippen molar-refractivity contribution in [1.82, 2.24) is 36.1 Å². The van der Waals surface area contributed by atoms with E-state index in [1.807, 2.05) is 6.92 Å². The van der Waals surface area contributed by atoms with E-state index in [9.17, 15) is 48.5 Å². The molecule has 0 aliphatic carbocycles. The van der Waals surface area contributed by atoms with Gasteiger partial charge in [0.05, 0.1) is 7.11 Å². The molecule has 3 aliphatic heterocycles. The van der Waals surface area contributed by atoms with Gasteiger partial charge in [0.25, 0.3) is 5.96 Å². The van der Waals surface area contributed by atoms with Crippen molar-refractivity contribution in [2.45, 2.75) is 127 Å². The van der Waals surface area contributed by atoms with Gasteiger partial charge in [-0.05, 0) is 69.3 Å². The summed E-state index contributed by atoms with van der Waals surface area (Å²) in [5.41, 5.74) is 13.4. The fraction of sp³-hybridized carbons (Fsp3) is 0.634. The molecule has 8 N–H and O–H groups in total. The molecule has 352 valence electrons. The van der Waals surface area contributed by atoms with E-state index in [1.165, 1.54) is 21.8 Å². The summed E-state index contributed by atoms with van der Waals surface area (Å²) in [7, 11) is 1.25. The van der Waals surface area contributed by atoms with Crippen LogP contribution in [0.4, 0.5) is 4.79 Å². The van der Waals surface area contributed by atoms with Gasteiger partial charge in [-0.3, -0.25) is 28.8 Å². The third-order valence-corrected chi connectivity index (χ3v) is 11.7. The molecule has 7 atom stereocenters. The van der Waals surface area contributed by atoms with Crippen molar-refractivity contribution in [3.05, 3.63) is 46.0 Å². The standard InChI is InChI=1S/C41H61N11O12/c1-4-25(2)33(38(58)50-22-10-16-30(50)37(57)51-23-11-17-31(51)39(59)63-3)47-34(54)27(18-19-32(42)53)45-35(55)29-15-9-21-49(29)36(56)28(14-8-20-44-40(43)48-52(61)62)46-41(60)64-24-26-12-6-5-7-13-26/h5-7,12-13,25,27-31,33H,4,8-11,14-24H2,1-3H3,(H2,42,53)(H,45,55)(H,46,60)(H,47,54)(H3,43,44,48)/t25-,27-,28-,29-,30-,31-,33-/m0/s1. The molecule has 0 bridgehead atoms. The van der Waals surface area contributed by atoms with Crippen LogP contribution in [0.5, 0.6) is 0 Å². The number of likely N-dealkylation sites (tertiary alicyclic amines) is 3. The number of methoxy groups -OCH3 is 1. The number of esters is 1. The minimum absolute atomic E-state index is 0.0264. The second-order valence-corrected chi connectivity index (χ2v) is 16.1. The van der Waals surface area contributed by atoms with Gasteiger partial charge in [-0.1, -0.05) is 56.0 Å². The molecule has 3 aliphatic rings. The largest absolute Gasteiger partial charge is 0.467 e. The second kappa shape index (κ2) is 24.3. The van der Waals surface area contributed by atoms with Gasteiger partial charge in [0.15, 0.2) is 5.03 Å². The number of hydrogen-bond acceptors (Lipinski definition) is 13. The van der Waals surface area contributed by atoms with Crippen LogP contribution >= 0.6 is 0 Å². The number of rotatable bonds is 21. The fourth-order valence-electron chi connectivity index (χ4n) is 8.12. The molecular weight excluding hydrogens is 839 g/mol. The van der Waals surface area contributed by atoms with Crippen LogP contribution in [0.3, 0.4) is 0 Å². The monoisotopic (exact) mass is 899 g/mol. The van der Waals surface area contributed by atoms with Crippen molar-refractivity contribution in [3.63, 3.8) is 0 Å². The summed E-state index contributed by atoms with van der Waals surface area (Å²) in [5, 5.41) is 17.8. The summed E-state index contributed by atoms with van der Waals surface area (Å²) in [4.78, 5) is 126. The molecule has 64 heavy (non-hydrogen) atoms. The molecule has 1 aromatic carbocycles. The van der Waals surface area contributed by atoms with Crippen molar-refractivity contribution in [2.24, 2.45) is 22.4 Å². The minimum Gasteiger partial charge on any atom is -0.467 e. The van der Waals surface area contributed by atoms with E-state index in [4.69, 9.17) is 20.9 Å². The van der Waals surface area contributed by atoms with Gasteiger partial charge in [-0.15, -0.1) is 0 Å². The lowest BCUT2D eigenvalue weighted by Gasteiger charge is -2.34. The second-order valence-electron chi connectivity index (χ2n) is 16.1. The Hall–Kier alpha value is -6.55. The van der Waals surface area contributed by atoms with Crippen LogP contribution in [-0.4, -0.2) is 143 Å². The lowest BCUT2D eigenvalue weighted by atomic mass is 9.96. The highest BCUT2D eigenvalue weighted by atomic mass is 16.7. The number of amides is 7. The minimum atomic E-state index is -1.38. The number of benzene rings is 1. The zero-order chi connectivity index (χ0) is 46.9. The molecule has 23 nitrogen and oxygen atoms in total. The first kappa shape index (κ1) is 50.1. The average Bonchev–Trinajstić information content (AvgIpc) is 4.08. The SMILES string of the molecule is CC[C@H](C)[C@H](NC(=O)[C@H](CCC(N)=O)NC(=O)[C@@H]1CCCN1C(=O)[C@H](CCCN=C(N)N[N+](=O)[O-])NC(=O)OCc1ccccc1)C(=O)N1CCC[C@H]1C(=O)N1CCC[C@H]1C(=O)OC. The molecule has 0 saturated carbocycles. The number of hydrazine groups is 1. The van der Waals surface area contributed by atoms with E-state index in [-0.39, 0.29) is 64.3 Å². The number of primary amides is 1. The van der Waals surface area contributed by atoms with Gasteiger partial charge in [-0.25, -0.2) is 24.7 Å². The van der Waals surface area contributed by atoms with Crippen molar-refractivity contribution < 1.29 is 52.9 Å². The van der Waals surface area contributed by atoms with Gasteiger partial charge in [0.1, 0.15) is 42.9 Å². The number of nitro groups is 1. The Morgan fingerprint density at radius 2 is 1.47 bits per heavy atom. The van der Waals surface area contributed by atoms with Crippen LogP contribution in [0.15, 0.2) is 35.3 Å².